The van der Waals surface area contributed by atoms with Gasteiger partial charge in [-0.2, -0.15) is 0 Å². The average molecular weight is 231 g/mol. The minimum Gasteiger partial charge on any atom is -0.393 e. The van der Waals surface area contributed by atoms with Gasteiger partial charge < -0.3 is 10.2 Å². The number of aliphatic hydroxyl groups is 2. The Morgan fingerprint density at radius 3 is 2.25 bits per heavy atom. The molecule has 66 valence electrons. The molecule has 2 N–H and O–H groups in total. The zero-order valence-electron chi connectivity index (χ0n) is 6.79. The van der Waals surface area contributed by atoms with Crippen LogP contribution >= 0.6 is 15.9 Å². The van der Waals surface area contributed by atoms with Crippen molar-refractivity contribution in [1.29, 1.82) is 0 Å². The molecule has 0 radical (unpaired) electrons. The molecule has 0 amide bonds. The van der Waals surface area contributed by atoms with Gasteiger partial charge in [0.2, 0.25) is 0 Å². The van der Waals surface area contributed by atoms with Crippen molar-refractivity contribution in [3.8, 4) is 0 Å². The number of rotatable bonds is 2. The third-order valence-electron chi connectivity index (χ3n) is 1.77. The van der Waals surface area contributed by atoms with Gasteiger partial charge in [0.1, 0.15) is 5.60 Å². The number of hydrogen-bond acceptors (Lipinski definition) is 2. The van der Waals surface area contributed by atoms with Crippen LogP contribution in [0.25, 0.3) is 0 Å². The van der Waals surface area contributed by atoms with E-state index in [4.69, 9.17) is 5.11 Å². The molecule has 0 aliphatic rings. The molecule has 1 unspecified atom stereocenters. The van der Waals surface area contributed by atoms with Gasteiger partial charge in [0.25, 0.3) is 0 Å². The van der Waals surface area contributed by atoms with Gasteiger partial charge in [-0.3, -0.25) is 0 Å². The van der Waals surface area contributed by atoms with Crippen LogP contribution in [0, 0.1) is 0 Å². The molecule has 0 aromatic heterocycles. The van der Waals surface area contributed by atoms with Gasteiger partial charge in [-0.25, -0.2) is 0 Å². The van der Waals surface area contributed by atoms with Crippen LogP contribution in [0.3, 0.4) is 0 Å². The van der Waals surface area contributed by atoms with Gasteiger partial charge in [0, 0.05) is 4.47 Å². The van der Waals surface area contributed by atoms with Crippen molar-refractivity contribution < 1.29 is 10.2 Å². The molecule has 1 atom stereocenters. The molecule has 0 bridgehead atoms. The normalized spacial score (nSPS) is 15.7. The molecule has 1 aromatic rings. The first-order valence-corrected chi connectivity index (χ1v) is 4.45. The predicted molar refractivity (Wildman–Crippen MR) is 50.8 cm³/mol. The summed E-state index contributed by atoms with van der Waals surface area (Å²) in [4.78, 5) is 0. The third kappa shape index (κ3) is 2.06. The van der Waals surface area contributed by atoms with E-state index in [1.54, 1.807) is 19.1 Å². The first-order valence-electron chi connectivity index (χ1n) is 3.65. The highest BCUT2D eigenvalue weighted by Crippen LogP contribution is 2.21. The van der Waals surface area contributed by atoms with E-state index >= 15 is 0 Å². The Bertz CT molecular complexity index is 254. The van der Waals surface area contributed by atoms with Crippen molar-refractivity contribution >= 4 is 15.9 Å². The fourth-order valence-electron chi connectivity index (χ4n) is 0.900. The van der Waals surface area contributed by atoms with Crippen LogP contribution in [-0.2, 0) is 5.60 Å². The first-order chi connectivity index (χ1) is 5.56. The zero-order valence-corrected chi connectivity index (χ0v) is 8.37. The van der Waals surface area contributed by atoms with E-state index in [2.05, 4.69) is 15.9 Å². The molecule has 0 aliphatic heterocycles. The first kappa shape index (κ1) is 9.71. The highest BCUT2D eigenvalue weighted by Gasteiger charge is 2.20. The maximum atomic E-state index is 9.62. The van der Waals surface area contributed by atoms with Crippen molar-refractivity contribution in [2.75, 3.05) is 6.61 Å². The number of hydrogen-bond donors (Lipinski definition) is 2. The topological polar surface area (TPSA) is 40.5 Å². The summed E-state index contributed by atoms with van der Waals surface area (Å²) in [6.45, 7) is 1.31. The maximum absolute atomic E-state index is 9.62. The van der Waals surface area contributed by atoms with Crippen molar-refractivity contribution in [1.82, 2.24) is 0 Å². The molecule has 2 nitrogen and oxygen atoms in total. The molecule has 1 rings (SSSR count). The summed E-state index contributed by atoms with van der Waals surface area (Å²) in [6, 6.07) is 7.22. The molecule has 0 saturated carbocycles. The van der Waals surface area contributed by atoms with Crippen LogP contribution in [0.4, 0.5) is 0 Å². The SMILES string of the molecule is CC(O)(CO)c1ccc(Br)cc1. The number of benzene rings is 1. The fraction of sp³-hybridized carbons (Fsp3) is 0.333. The molecule has 3 heteroatoms. The number of aliphatic hydroxyl groups excluding tert-OH is 1. The molecule has 0 aliphatic carbocycles. The summed E-state index contributed by atoms with van der Waals surface area (Å²) in [7, 11) is 0. The van der Waals surface area contributed by atoms with Crippen LogP contribution in [0.1, 0.15) is 12.5 Å². The largest absolute Gasteiger partial charge is 0.393 e. The van der Waals surface area contributed by atoms with Crippen LogP contribution in [0.5, 0.6) is 0 Å². The predicted octanol–water partition coefficient (Wildman–Crippen LogP) is 1.65. The second kappa shape index (κ2) is 3.56. The van der Waals surface area contributed by atoms with Gasteiger partial charge in [-0.15, -0.1) is 0 Å². The third-order valence-corrected chi connectivity index (χ3v) is 2.30. The Kier molecular flexibility index (Phi) is 2.88. The van der Waals surface area contributed by atoms with Crippen molar-refractivity contribution in [3.05, 3.63) is 34.3 Å². The van der Waals surface area contributed by atoms with Gasteiger partial charge in [-0.05, 0) is 24.6 Å². The smallest absolute Gasteiger partial charge is 0.110 e. The second-order valence-electron chi connectivity index (χ2n) is 2.94. The Morgan fingerprint density at radius 1 is 1.33 bits per heavy atom. The second-order valence-corrected chi connectivity index (χ2v) is 3.85. The summed E-state index contributed by atoms with van der Waals surface area (Å²) in [5, 5.41) is 18.5. The highest BCUT2D eigenvalue weighted by atomic mass is 79.9. The molecule has 0 heterocycles. The highest BCUT2D eigenvalue weighted by molar-refractivity contribution is 9.10. The van der Waals surface area contributed by atoms with Gasteiger partial charge in [-0.1, -0.05) is 28.1 Å². The lowest BCUT2D eigenvalue weighted by molar-refractivity contribution is -0.00229. The monoisotopic (exact) mass is 230 g/mol. The van der Waals surface area contributed by atoms with E-state index in [9.17, 15) is 5.11 Å². The summed E-state index contributed by atoms with van der Waals surface area (Å²) in [5.41, 5.74) is -0.422. The zero-order chi connectivity index (χ0) is 9.19. The summed E-state index contributed by atoms with van der Waals surface area (Å²) >= 11 is 3.29. The van der Waals surface area contributed by atoms with Gasteiger partial charge in [0.05, 0.1) is 6.61 Å². The van der Waals surface area contributed by atoms with Crippen molar-refractivity contribution in [2.24, 2.45) is 0 Å². The Morgan fingerprint density at radius 2 is 1.83 bits per heavy atom. The van der Waals surface area contributed by atoms with Gasteiger partial charge in [0.15, 0.2) is 0 Å². The Labute approximate surface area is 80.0 Å². The molecule has 12 heavy (non-hydrogen) atoms. The van der Waals surface area contributed by atoms with Crippen LogP contribution in [-0.4, -0.2) is 16.8 Å². The van der Waals surface area contributed by atoms with Crippen LogP contribution in [0.15, 0.2) is 28.7 Å². The van der Waals surface area contributed by atoms with Crippen molar-refractivity contribution in [3.63, 3.8) is 0 Å². The van der Waals surface area contributed by atoms with E-state index in [0.717, 1.165) is 4.47 Å². The molecule has 0 spiro atoms. The summed E-state index contributed by atoms with van der Waals surface area (Å²) in [6.07, 6.45) is 0. The minimum atomic E-state index is -1.14. The van der Waals surface area contributed by atoms with E-state index in [-0.39, 0.29) is 6.61 Å². The number of halogens is 1. The maximum Gasteiger partial charge on any atom is 0.110 e. The molecular formula is C9H11BrO2. The Hall–Kier alpha value is -0.380. The average Bonchev–Trinajstić information content (AvgIpc) is 2.05. The van der Waals surface area contributed by atoms with E-state index in [1.807, 2.05) is 12.1 Å². The molecule has 0 fully saturated rings. The van der Waals surface area contributed by atoms with Crippen LogP contribution in [0.2, 0.25) is 0 Å². The molecular weight excluding hydrogens is 220 g/mol. The standard InChI is InChI=1S/C9H11BrO2/c1-9(12,6-11)7-2-4-8(10)5-3-7/h2-5,11-12H,6H2,1H3. The van der Waals surface area contributed by atoms with E-state index in [1.165, 1.54) is 0 Å². The minimum absolute atomic E-state index is 0.269. The lowest BCUT2D eigenvalue weighted by Crippen LogP contribution is -2.25. The van der Waals surface area contributed by atoms with Gasteiger partial charge >= 0.3 is 0 Å². The van der Waals surface area contributed by atoms with E-state index < -0.39 is 5.60 Å². The molecule has 0 saturated heterocycles. The summed E-state index contributed by atoms with van der Waals surface area (Å²) < 4.78 is 0.958. The van der Waals surface area contributed by atoms with Crippen molar-refractivity contribution in [2.45, 2.75) is 12.5 Å². The lowest BCUT2D eigenvalue weighted by Gasteiger charge is -2.20. The van der Waals surface area contributed by atoms with Crippen LogP contribution < -0.4 is 0 Å². The summed E-state index contributed by atoms with van der Waals surface area (Å²) in [5.74, 6) is 0. The quantitative estimate of drug-likeness (QED) is 0.812. The molecule has 1 aromatic carbocycles. The lowest BCUT2D eigenvalue weighted by atomic mass is 9.97. The Balaban J connectivity index is 2.96. The van der Waals surface area contributed by atoms with E-state index in [0.29, 0.717) is 5.56 Å². The fourth-order valence-corrected chi connectivity index (χ4v) is 1.16.